The first-order valence-electron chi connectivity index (χ1n) is 18.2. The van der Waals surface area contributed by atoms with E-state index in [2.05, 4.69) is 78.5 Å². The van der Waals surface area contributed by atoms with Gasteiger partial charge >= 0.3 is 5.97 Å². The molecule has 248 valence electrons. The van der Waals surface area contributed by atoms with Gasteiger partial charge in [0.15, 0.2) is 0 Å². The number of nitrogens with one attached hydrogen (secondary N) is 1. The van der Waals surface area contributed by atoms with Crippen molar-refractivity contribution in [3.05, 3.63) is 53.6 Å². The smallest absolute Gasteiger partial charge is 0.335 e. The summed E-state index contributed by atoms with van der Waals surface area (Å²) in [4.78, 5) is 13.8. The van der Waals surface area contributed by atoms with E-state index in [0.717, 1.165) is 37.3 Å². The van der Waals surface area contributed by atoms with Crippen molar-refractivity contribution in [1.82, 2.24) is 10.2 Å². The molecule has 45 heavy (non-hydrogen) atoms. The lowest BCUT2D eigenvalue weighted by atomic mass is 9.32. The fraction of sp³-hybridized carbons (Fsp3) is 0.732. The van der Waals surface area contributed by atoms with Crippen molar-refractivity contribution >= 4 is 11.5 Å². The van der Waals surface area contributed by atoms with Crippen LogP contribution in [0.3, 0.4) is 0 Å². The number of nitrogens with zero attached hydrogens (tertiary/aromatic N) is 1. The van der Waals surface area contributed by atoms with E-state index in [1.807, 2.05) is 12.1 Å². The molecule has 9 atom stereocenters. The van der Waals surface area contributed by atoms with Crippen molar-refractivity contribution in [3.63, 3.8) is 0 Å². The highest BCUT2D eigenvalue weighted by Crippen LogP contribution is 2.77. The SMILES string of the molecule is C=C(C)C1CCC2(CNCCN(C)C)CCC3(C)C(CCC4C5(C)CC=C(c6ccc(C(=O)O)cc6)C(C)(C)C5CCC43C)C12. The van der Waals surface area contributed by atoms with E-state index < -0.39 is 5.97 Å². The topological polar surface area (TPSA) is 52.6 Å². The van der Waals surface area contributed by atoms with Crippen molar-refractivity contribution in [2.24, 2.45) is 56.7 Å². The maximum atomic E-state index is 11.5. The summed E-state index contributed by atoms with van der Waals surface area (Å²) in [5, 5.41) is 13.4. The molecule has 5 aliphatic rings. The lowest BCUT2D eigenvalue weighted by molar-refractivity contribution is -0.225. The number of hydrogen-bond donors (Lipinski definition) is 2. The Balaban J connectivity index is 1.31. The van der Waals surface area contributed by atoms with Crippen molar-refractivity contribution in [1.29, 1.82) is 0 Å². The first kappa shape index (κ1) is 33.0. The van der Waals surface area contributed by atoms with Gasteiger partial charge in [-0.2, -0.15) is 0 Å². The van der Waals surface area contributed by atoms with Gasteiger partial charge in [0.05, 0.1) is 5.56 Å². The standard InChI is InChI=1S/C41H62N2O2/c1-27(2)30-16-21-41(26-42-24-25-43(8)9)23-22-39(6)32(35(30)41)14-15-34-38(5)19-17-31(28-10-12-29(13-11-28)36(44)45)37(3,4)33(38)18-20-40(34,39)7/h10-13,17,30,32-35,42H,1,14-16,18-26H2,2-9H3,(H,44,45). The Morgan fingerprint density at radius 3 is 2.29 bits per heavy atom. The van der Waals surface area contributed by atoms with Gasteiger partial charge in [-0.3, -0.25) is 0 Å². The third-order valence-electron chi connectivity index (χ3n) is 15.5. The Morgan fingerprint density at radius 1 is 0.933 bits per heavy atom. The van der Waals surface area contributed by atoms with Gasteiger partial charge in [-0.15, -0.1) is 0 Å². The molecule has 1 aromatic rings. The molecule has 4 fully saturated rings. The fourth-order valence-corrected chi connectivity index (χ4v) is 13.1. The minimum Gasteiger partial charge on any atom is -0.478 e. The van der Waals surface area contributed by atoms with Crippen LogP contribution < -0.4 is 5.32 Å². The molecule has 0 amide bonds. The predicted octanol–water partition coefficient (Wildman–Crippen LogP) is 9.19. The normalized spacial score (nSPS) is 41.8. The molecular weight excluding hydrogens is 552 g/mol. The maximum absolute atomic E-state index is 11.5. The predicted molar refractivity (Wildman–Crippen MR) is 187 cm³/mol. The van der Waals surface area contributed by atoms with E-state index in [-0.39, 0.29) is 10.8 Å². The molecule has 2 N–H and O–H groups in total. The van der Waals surface area contributed by atoms with Gasteiger partial charge in [0, 0.05) is 19.6 Å². The number of likely N-dealkylation sites (N-methyl/N-ethyl adjacent to an activating group) is 1. The lowest BCUT2D eigenvalue weighted by Crippen LogP contribution is -2.65. The molecule has 0 heterocycles. The average molecular weight is 615 g/mol. The number of carbonyl (C=O) groups is 1. The van der Waals surface area contributed by atoms with Crippen molar-refractivity contribution in [3.8, 4) is 0 Å². The van der Waals surface area contributed by atoms with E-state index >= 15 is 0 Å². The van der Waals surface area contributed by atoms with Gasteiger partial charge < -0.3 is 15.3 Å². The van der Waals surface area contributed by atoms with E-state index in [1.54, 1.807) is 12.1 Å². The quantitative estimate of drug-likeness (QED) is 0.226. The van der Waals surface area contributed by atoms with Crippen molar-refractivity contribution < 1.29 is 9.90 Å². The fourth-order valence-electron chi connectivity index (χ4n) is 13.1. The van der Waals surface area contributed by atoms with Crippen LogP contribution in [0.2, 0.25) is 0 Å². The molecule has 0 bridgehead atoms. The average Bonchev–Trinajstić information content (AvgIpc) is 3.36. The minimum absolute atomic E-state index is 0.0489. The second-order valence-electron chi connectivity index (χ2n) is 18.0. The maximum Gasteiger partial charge on any atom is 0.335 e. The summed E-state index contributed by atoms with van der Waals surface area (Å²) < 4.78 is 0. The second kappa shape index (κ2) is 11.4. The van der Waals surface area contributed by atoms with Crippen LogP contribution in [0.4, 0.5) is 0 Å². The van der Waals surface area contributed by atoms with Gasteiger partial charge in [0.25, 0.3) is 0 Å². The van der Waals surface area contributed by atoms with Gasteiger partial charge in [-0.05, 0) is 159 Å². The van der Waals surface area contributed by atoms with Crippen LogP contribution in [-0.4, -0.2) is 49.7 Å². The summed E-state index contributed by atoms with van der Waals surface area (Å²) in [7, 11) is 4.36. The highest BCUT2D eigenvalue weighted by atomic mass is 16.4. The molecule has 0 spiro atoms. The van der Waals surface area contributed by atoms with Crippen LogP contribution >= 0.6 is 0 Å². The summed E-state index contributed by atoms with van der Waals surface area (Å²) in [6.07, 6.45) is 14.5. The van der Waals surface area contributed by atoms with Gasteiger partial charge in [-0.25, -0.2) is 4.79 Å². The number of aromatic carboxylic acids is 1. The zero-order valence-corrected chi connectivity index (χ0v) is 29.8. The van der Waals surface area contributed by atoms with Crippen LogP contribution in [0.15, 0.2) is 42.5 Å². The van der Waals surface area contributed by atoms with Crippen molar-refractivity contribution in [2.75, 3.05) is 33.7 Å². The molecule has 0 saturated heterocycles. The number of benzene rings is 1. The number of allylic oxidation sites excluding steroid dienone is 3. The number of carboxylic acids is 1. The summed E-state index contributed by atoms with van der Waals surface area (Å²) in [6.45, 7) is 23.4. The zero-order chi connectivity index (χ0) is 32.6. The third-order valence-corrected chi connectivity index (χ3v) is 15.5. The van der Waals surface area contributed by atoms with Crippen LogP contribution in [0, 0.1) is 56.7 Å². The molecule has 0 aromatic heterocycles. The number of carboxylic acid groups (broad SMARTS) is 1. The third kappa shape index (κ3) is 4.93. The second-order valence-corrected chi connectivity index (χ2v) is 18.0. The zero-order valence-electron chi connectivity index (χ0n) is 29.8. The van der Waals surface area contributed by atoms with Crippen LogP contribution in [-0.2, 0) is 0 Å². The summed E-state index contributed by atoms with van der Waals surface area (Å²) in [5.41, 5.74) is 5.88. The molecule has 0 radical (unpaired) electrons. The van der Waals surface area contributed by atoms with E-state index in [1.165, 1.54) is 74.6 Å². The Hall–Kier alpha value is -1.91. The Labute approximate surface area is 274 Å². The minimum atomic E-state index is -0.852. The highest BCUT2D eigenvalue weighted by molar-refractivity contribution is 5.88. The molecule has 9 unspecified atom stereocenters. The molecule has 0 aliphatic heterocycles. The molecule has 5 aliphatic carbocycles. The van der Waals surface area contributed by atoms with Crippen molar-refractivity contribution in [2.45, 2.75) is 99.3 Å². The van der Waals surface area contributed by atoms with E-state index in [4.69, 9.17) is 0 Å². The van der Waals surface area contributed by atoms with Gasteiger partial charge in [-0.1, -0.05) is 65.0 Å². The first-order valence-corrected chi connectivity index (χ1v) is 18.2. The lowest BCUT2D eigenvalue weighted by Gasteiger charge is -2.72. The molecule has 6 rings (SSSR count). The summed E-state index contributed by atoms with van der Waals surface area (Å²) in [6, 6.07) is 7.65. The van der Waals surface area contributed by atoms with Crippen LogP contribution in [0.25, 0.3) is 5.57 Å². The summed E-state index contributed by atoms with van der Waals surface area (Å²) in [5.74, 6) is 2.71. The Morgan fingerprint density at radius 2 is 1.64 bits per heavy atom. The first-order chi connectivity index (χ1) is 21.1. The van der Waals surface area contributed by atoms with Gasteiger partial charge in [0.1, 0.15) is 0 Å². The molecular formula is C41H62N2O2. The van der Waals surface area contributed by atoms with Crippen LogP contribution in [0.1, 0.15) is 115 Å². The molecule has 1 aromatic carbocycles. The summed E-state index contributed by atoms with van der Waals surface area (Å²) >= 11 is 0. The molecule has 4 nitrogen and oxygen atoms in total. The largest absolute Gasteiger partial charge is 0.478 e. The Kier molecular flexibility index (Phi) is 8.33. The number of hydrogen-bond acceptors (Lipinski definition) is 3. The monoisotopic (exact) mass is 614 g/mol. The van der Waals surface area contributed by atoms with Crippen LogP contribution in [0.5, 0.6) is 0 Å². The highest BCUT2D eigenvalue weighted by Gasteiger charge is 2.70. The molecule has 4 heteroatoms. The molecule has 4 saturated carbocycles. The number of fused-ring (bicyclic) bond motifs is 7. The van der Waals surface area contributed by atoms with Gasteiger partial charge in [0.2, 0.25) is 0 Å². The number of rotatable bonds is 8. The Bertz CT molecular complexity index is 1340. The van der Waals surface area contributed by atoms with E-state index in [0.29, 0.717) is 33.6 Å². The van der Waals surface area contributed by atoms with E-state index in [9.17, 15) is 9.90 Å².